The number of anilines is 1. The van der Waals surface area contributed by atoms with Crippen LogP contribution in [0.1, 0.15) is 12.5 Å². The van der Waals surface area contributed by atoms with E-state index in [9.17, 15) is 4.79 Å². The maximum Gasteiger partial charge on any atom is 0.344 e. The number of cyclic esters (lactones) is 1. The van der Waals surface area contributed by atoms with E-state index in [1.54, 1.807) is 4.57 Å². The number of aromatic amines is 1. The van der Waals surface area contributed by atoms with Crippen LogP contribution in [0.3, 0.4) is 0 Å². The van der Waals surface area contributed by atoms with Crippen LogP contribution in [0.5, 0.6) is 0 Å². The molecule has 0 aliphatic carbocycles. The summed E-state index contributed by atoms with van der Waals surface area (Å²) >= 11 is 0. The van der Waals surface area contributed by atoms with Crippen LogP contribution < -0.4 is 10.3 Å². The quantitative estimate of drug-likeness (QED) is 0.490. The molecule has 1 atom stereocenters. The number of H-pyrrole nitrogens is 1. The molecule has 0 amide bonds. The Morgan fingerprint density at radius 2 is 2.44 bits per heavy atom. The largest absolute Gasteiger partial charge is 0.463 e. The zero-order chi connectivity index (χ0) is 11.1. The molecule has 1 aliphatic rings. The van der Waals surface area contributed by atoms with Crippen molar-refractivity contribution in [1.29, 1.82) is 0 Å². The minimum absolute atomic E-state index is 0.249. The maximum atomic E-state index is 11.5. The van der Waals surface area contributed by atoms with Gasteiger partial charge in [-0.3, -0.25) is 0 Å². The van der Waals surface area contributed by atoms with Gasteiger partial charge in [-0.1, -0.05) is 9.97 Å². The van der Waals surface area contributed by atoms with E-state index < -0.39 is 0 Å². The first-order valence-electron chi connectivity index (χ1n) is 4.92. The molecule has 3 N–H and O–H groups in total. The number of carbonyl (C=O) groups excluding carboxylic acids is 1. The number of nitrogens with one attached hydrogen (secondary N) is 1. The van der Waals surface area contributed by atoms with Gasteiger partial charge in [0.15, 0.2) is 17.9 Å². The van der Waals surface area contributed by atoms with Gasteiger partial charge in [-0.2, -0.15) is 0 Å². The van der Waals surface area contributed by atoms with Gasteiger partial charge in [0.05, 0.1) is 6.61 Å². The van der Waals surface area contributed by atoms with Crippen molar-refractivity contribution in [2.75, 3.05) is 12.3 Å². The van der Waals surface area contributed by atoms with Gasteiger partial charge in [-0.25, -0.2) is 9.36 Å². The molecule has 3 rings (SSSR count). The molecule has 7 heteroatoms. The number of esters is 1. The number of carbonyl (C=O) groups is 1. The van der Waals surface area contributed by atoms with Crippen LogP contribution in [0.25, 0.3) is 11.2 Å². The summed E-state index contributed by atoms with van der Waals surface area (Å²) in [5, 5.41) is 0. The number of rotatable bonds is 1. The molecule has 2 aromatic heterocycles. The molecule has 7 nitrogen and oxygen atoms in total. The van der Waals surface area contributed by atoms with Crippen LogP contribution in [-0.4, -0.2) is 27.5 Å². The fourth-order valence-corrected chi connectivity index (χ4v) is 1.88. The first-order chi connectivity index (χ1) is 7.77. The fourth-order valence-electron chi connectivity index (χ4n) is 1.88. The molecule has 0 radical (unpaired) electrons. The summed E-state index contributed by atoms with van der Waals surface area (Å²) in [5.74, 6) is 0.121. The van der Waals surface area contributed by atoms with Crippen molar-refractivity contribution in [1.82, 2.24) is 15.0 Å². The third-order valence-corrected chi connectivity index (χ3v) is 2.68. The van der Waals surface area contributed by atoms with Crippen molar-refractivity contribution >= 4 is 23.0 Å². The van der Waals surface area contributed by atoms with Crippen LogP contribution in [0, 0.1) is 0 Å². The smallest absolute Gasteiger partial charge is 0.344 e. The van der Waals surface area contributed by atoms with Crippen molar-refractivity contribution < 1.29 is 14.1 Å². The van der Waals surface area contributed by atoms with E-state index in [4.69, 9.17) is 10.5 Å². The number of imidazole rings is 1. The highest BCUT2D eigenvalue weighted by Gasteiger charge is 2.33. The van der Waals surface area contributed by atoms with E-state index in [-0.39, 0.29) is 12.0 Å². The van der Waals surface area contributed by atoms with Gasteiger partial charge in [-0.05, 0) is 0 Å². The van der Waals surface area contributed by atoms with Crippen LogP contribution in [0.2, 0.25) is 0 Å². The van der Waals surface area contributed by atoms with E-state index in [1.807, 2.05) is 0 Å². The van der Waals surface area contributed by atoms with Crippen LogP contribution >= 0.6 is 0 Å². The normalized spacial score (nSPS) is 20.2. The molecule has 16 heavy (non-hydrogen) atoms. The molecule has 2 aromatic rings. The minimum Gasteiger partial charge on any atom is -0.463 e. The molecule has 0 aromatic carbocycles. The van der Waals surface area contributed by atoms with Crippen molar-refractivity contribution in [2.45, 2.75) is 12.5 Å². The number of fused-ring (bicyclic) bond motifs is 1. The molecule has 82 valence electrons. The molecule has 1 saturated heterocycles. The molecule has 3 heterocycles. The lowest BCUT2D eigenvalue weighted by molar-refractivity contribution is -0.687. The number of ether oxygens (including phenoxy) is 1. The number of hydrogen-bond donors (Lipinski definition) is 2. The predicted octanol–water partition coefficient (Wildman–Crippen LogP) is -0.684. The fraction of sp³-hybridized carbons (Fsp3) is 0.333. The molecule has 0 spiro atoms. The summed E-state index contributed by atoms with van der Waals surface area (Å²) in [6.45, 7) is 0.437. The highest BCUT2D eigenvalue weighted by molar-refractivity contribution is 5.79. The zero-order valence-electron chi connectivity index (χ0n) is 8.38. The van der Waals surface area contributed by atoms with Gasteiger partial charge in [-0.15, -0.1) is 0 Å². The predicted molar refractivity (Wildman–Crippen MR) is 53.1 cm³/mol. The van der Waals surface area contributed by atoms with E-state index in [1.165, 1.54) is 12.7 Å². The first kappa shape index (κ1) is 9.08. The lowest BCUT2D eigenvalue weighted by Crippen LogP contribution is -2.43. The Balaban J connectivity index is 2.20. The summed E-state index contributed by atoms with van der Waals surface area (Å²) < 4.78 is 6.61. The number of nitrogen functional groups attached to an aromatic ring is 1. The second kappa shape index (κ2) is 3.16. The van der Waals surface area contributed by atoms with E-state index in [0.717, 1.165) is 0 Å². The maximum absolute atomic E-state index is 11.5. The molecule has 1 fully saturated rings. The zero-order valence-corrected chi connectivity index (χ0v) is 8.38. The highest BCUT2D eigenvalue weighted by Crippen LogP contribution is 2.17. The van der Waals surface area contributed by atoms with Gasteiger partial charge in [0.2, 0.25) is 12.1 Å². The number of nitrogens with zero attached hydrogens (tertiary/aromatic N) is 3. The third-order valence-electron chi connectivity index (χ3n) is 2.68. The van der Waals surface area contributed by atoms with Gasteiger partial charge in [0.25, 0.3) is 5.65 Å². The van der Waals surface area contributed by atoms with Gasteiger partial charge >= 0.3 is 5.97 Å². The molecule has 0 unspecified atom stereocenters. The Labute approximate surface area is 90.3 Å². The molecule has 0 saturated carbocycles. The second-order valence-electron chi connectivity index (χ2n) is 3.61. The third kappa shape index (κ3) is 1.14. The van der Waals surface area contributed by atoms with Gasteiger partial charge in [0, 0.05) is 6.42 Å². The van der Waals surface area contributed by atoms with E-state index in [0.29, 0.717) is 30.0 Å². The highest BCUT2D eigenvalue weighted by atomic mass is 16.5. The molecular formula is C9H10N5O2+. The SMILES string of the molecule is Nc1nc[n+]([C@H]2CCOC2=O)c2nc[nH]c12. The Bertz CT molecular complexity index is 564. The average molecular weight is 220 g/mol. The summed E-state index contributed by atoms with van der Waals surface area (Å²) in [5.41, 5.74) is 6.95. The van der Waals surface area contributed by atoms with E-state index in [2.05, 4.69) is 15.0 Å². The van der Waals surface area contributed by atoms with Crippen molar-refractivity contribution in [3.63, 3.8) is 0 Å². The number of nitrogens with two attached hydrogens (primary N) is 1. The molecule has 1 aliphatic heterocycles. The Morgan fingerprint density at radius 1 is 1.56 bits per heavy atom. The van der Waals surface area contributed by atoms with Crippen molar-refractivity contribution in [3.8, 4) is 0 Å². The number of hydrogen-bond acceptors (Lipinski definition) is 5. The van der Waals surface area contributed by atoms with Crippen LogP contribution in [-0.2, 0) is 9.53 Å². The first-order valence-corrected chi connectivity index (χ1v) is 4.92. The topological polar surface area (TPSA) is 97.8 Å². The Morgan fingerprint density at radius 3 is 3.19 bits per heavy atom. The second-order valence-corrected chi connectivity index (χ2v) is 3.61. The summed E-state index contributed by atoms with van der Waals surface area (Å²) in [7, 11) is 0. The Hall–Kier alpha value is -2.18. The standard InChI is InChI=1S/C9H9N5O2/c10-7-6-8(12-3-11-6)14(4-13-7)5-1-2-16-9(5)15/h3-5H,1-2H2,(H2,10,11,12)/p+1/t5-/m0/s1. The van der Waals surface area contributed by atoms with Crippen molar-refractivity contribution in [2.24, 2.45) is 0 Å². The van der Waals surface area contributed by atoms with Gasteiger partial charge < -0.3 is 15.5 Å². The van der Waals surface area contributed by atoms with E-state index >= 15 is 0 Å². The lowest BCUT2D eigenvalue weighted by atomic mass is 10.2. The Kier molecular flexibility index (Phi) is 1.79. The number of aromatic nitrogens is 4. The van der Waals surface area contributed by atoms with Crippen LogP contribution in [0.15, 0.2) is 12.7 Å². The molecule has 0 bridgehead atoms. The lowest BCUT2D eigenvalue weighted by Gasteiger charge is -2.04. The monoisotopic (exact) mass is 220 g/mol. The summed E-state index contributed by atoms with van der Waals surface area (Å²) in [4.78, 5) is 22.5. The van der Waals surface area contributed by atoms with Gasteiger partial charge in [0.1, 0.15) is 0 Å². The average Bonchev–Trinajstić information content (AvgIpc) is 2.88. The summed E-state index contributed by atoms with van der Waals surface area (Å²) in [6.07, 6.45) is 3.69. The minimum atomic E-state index is -0.348. The summed E-state index contributed by atoms with van der Waals surface area (Å²) in [6, 6.07) is -0.348. The van der Waals surface area contributed by atoms with Crippen LogP contribution in [0.4, 0.5) is 5.82 Å². The molecular weight excluding hydrogens is 210 g/mol. The van der Waals surface area contributed by atoms with Crippen molar-refractivity contribution in [3.05, 3.63) is 12.7 Å².